The first-order valence-corrected chi connectivity index (χ1v) is 2.00. The van der Waals surface area contributed by atoms with Crippen LogP contribution >= 0.6 is 0 Å². The van der Waals surface area contributed by atoms with Crippen molar-refractivity contribution in [2.75, 3.05) is 0 Å². The van der Waals surface area contributed by atoms with Gasteiger partial charge in [-0.3, -0.25) is 8.42 Å². The second kappa shape index (κ2) is 8.43. The van der Waals surface area contributed by atoms with Crippen molar-refractivity contribution in [2.24, 2.45) is 0 Å². The SMILES string of the molecule is O=S(=O)([O-])[O-].[Cu+].[Cu+].[Cu]. The Morgan fingerprint density at radius 3 is 1.00 bits per heavy atom. The maximum absolute atomic E-state index is 8.52. The Balaban J connectivity index is -0.0000000267. The Hall–Kier alpha value is 1.43. The smallest absolute Gasteiger partial charge is 0.759 e. The minimum atomic E-state index is -5.17. The fourth-order valence-electron chi connectivity index (χ4n) is 0. The summed E-state index contributed by atoms with van der Waals surface area (Å²) < 4.78 is 34.1. The molecule has 4 nitrogen and oxygen atoms in total. The number of hydrogen-bond acceptors (Lipinski definition) is 4. The van der Waals surface area contributed by atoms with E-state index in [1.54, 1.807) is 0 Å². The van der Waals surface area contributed by atoms with Gasteiger partial charge in [-0.05, 0) is 0 Å². The molecule has 0 heterocycles. The molecule has 0 unspecified atom stereocenters. The molecule has 0 atom stereocenters. The molecule has 0 aliphatic rings. The molecule has 0 saturated carbocycles. The van der Waals surface area contributed by atoms with Gasteiger partial charge in [0.25, 0.3) is 0 Å². The Labute approximate surface area is 78.8 Å². The van der Waals surface area contributed by atoms with E-state index in [0.29, 0.717) is 0 Å². The van der Waals surface area contributed by atoms with Crippen LogP contribution in [0.3, 0.4) is 0 Å². The summed E-state index contributed by atoms with van der Waals surface area (Å²) in [6, 6.07) is 0. The molecule has 0 amide bonds. The van der Waals surface area contributed by atoms with Crippen LogP contribution in [0, 0.1) is 0 Å². The summed E-state index contributed by atoms with van der Waals surface area (Å²) in [5.41, 5.74) is 0. The van der Waals surface area contributed by atoms with E-state index >= 15 is 0 Å². The van der Waals surface area contributed by atoms with Crippen molar-refractivity contribution in [1.29, 1.82) is 0 Å². The molecule has 8 heavy (non-hydrogen) atoms. The van der Waals surface area contributed by atoms with Crippen molar-refractivity contribution in [3.8, 4) is 0 Å². The second-order valence-corrected chi connectivity index (χ2v) is 1.22. The van der Waals surface area contributed by atoms with Crippen molar-refractivity contribution >= 4 is 10.4 Å². The van der Waals surface area contributed by atoms with E-state index in [-0.39, 0.29) is 51.2 Å². The van der Waals surface area contributed by atoms with Crippen molar-refractivity contribution in [2.45, 2.75) is 0 Å². The normalized spacial score (nSPS) is 7.25. The topological polar surface area (TPSA) is 80.3 Å². The summed E-state index contributed by atoms with van der Waals surface area (Å²) in [5.74, 6) is 0. The Bertz CT molecular complexity index is 94.5. The summed E-state index contributed by atoms with van der Waals surface area (Å²) in [5, 5.41) is 0. The van der Waals surface area contributed by atoms with Gasteiger partial charge >= 0.3 is 34.1 Å². The summed E-state index contributed by atoms with van der Waals surface area (Å²) in [6.45, 7) is 0. The molecular formula is Cu3O4S. The first-order valence-electron chi connectivity index (χ1n) is 0.667. The second-order valence-electron chi connectivity index (χ2n) is 0.408. The van der Waals surface area contributed by atoms with Crippen LogP contribution in [0.4, 0.5) is 0 Å². The molecule has 0 spiro atoms. The molecule has 0 aliphatic carbocycles. The number of hydrogen-bond donors (Lipinski definition) is 0. The van der Waals surface area contributed by atoms with E-state index in [2.05, 4.69) is 0 Å². The summed E-state index contributed by atoms with van der Waals surface area (Å²) in [6.07, 6.45) is 0. The van der Waals surface area contributed by atoms with Crippen LogP contribution in [-0.4, -0.2) is 17.5 Å². The van der Waals surface area contributed by atoms with E-state index in [1.165, 1.54) is 0 Å². The van der Waals surface area contributed by atoms with Crippen molar-refractivity contribution in [3.63, 3.8) is 0 Å². The number of rotatable bonds is 0. The molecule has 0 rings (SSSR count). The zero-order chi connectivity index (χ0) is 4.50. The van der Waals surface area contributed by atoms with Gasteiger partial charge in [-0.2, -0.15) is 0 Å². The van der Waals surface area contributed by atoms with Crippen molar-refractivity contribution < 1.29 is 68.7 Å². The molecule has 63 valence electrons. The van der Waals surface area contributed by atoms with Crippen LogP contribution in [0.2, 0.25) is 0 Å². The molecular weight excluding hydrogens is 287 g/mol. The first kappa shape index (κ1) is 22.7. The predicted molar refractivity (Wildman–Crippen MR) is 10.5 cm³/mol. The fraction of sp³-hybridized carbons (Fsp3) is 0. The maximum Gasteiger partial charge on any atom is 1.00 e. The molecule has 0 aromatic rings. The van der Waals surface area contributed by atoms with E-state index < -0.39 is 10.4 Å². The van der Waals surface area contributed by atoms with Crippen molar-refractivity contribution in [3.05, 3.63) is 0 Å². The predicted octanol–water partition coefficient (Wildman–Crippen LogP) is -1.35. The van der Waals surface area contributed by atoms with Gasteiger partial charge in [-0.15, -0.1) is 0 Å². The average molecular weight is 287 g/mol. The van der Waals surface area contributed by atoms with Crippen LogP contribution in [0.5, 0.6) is 0 Å². The molecule has 0 aromatic carbocycles. The van der Waals surface area contributed by atoms with E-state index in [0.717, 1.165) is 0 Å². The van der Waals surface area contributed by atoms with Crippen LogP contribution < -0.4 is 0 Å². The molecule has 0 fully saturated rings. The fourth-order valence-corrected chi connectivity index (χ4v) is 0. The van der Waals surface area contributed by atoms with Gasteiger partial charge in [-0.25, -0.2) is 0 Å². The Morgan fingerprint density at radius 1 is 1.00 bits per heavy atom. The van der Waals surface area contributed by atoms with Gasteiger partial charge in [0, 0.05) is 27.5 Å². The van der Waals surface area contributed by atoms with Gasteiger partial charge in [0.2, 0.25) is 0 Å². The van der Waals surface area contributed by atoms with Gasteiger partial charge in [0.15, 0.2) is 0 Å². The quantitative estimate of drug-likeness (QED) is 0.313. The van der Waals surface area contributed by atoms with E-state index in [1.807, 2.05) is 0 Å². The minimum Gasteiger partial charge on any atom is -0.759 e. The zero-order valence-corrected chi connectivity index (χ0v) is 6.59. The van der Waals surface area contributed by atoms with Crippen LogP contribution in [0.25, 0.3) is 0 Å². The molecule has 0 aliphatic heterocycles. The molecule has 0 bridgehead atoms. The zero-order valence-electron chi connectivity index (χ0n) is 2.95. The third-order valence-corrected chi connectivity index (χ3v) is 0. The standard InChI is InChI=1S/3Cu.H2O4S/c;;;1-5(2,3)4/h;;;(H2,1,2,3,4)/q;2*+1;/p-2. The summed E-state index contributed by atoms with van der Waals surface area (Å²) in [7, 11) is -5.17. The molecule has 0 aromatic heterocycles. The van der Waals surface area contributed by atoms with Gasteiger partial charge in [-0.1, -0.05) is 0 Å². The van der Waals surface area contributed by atoms with E-state index in [4.69, 9.17) is 17.5 Å². The summed E-state index contributed by atoms with van der Waals surface area (Å²) >= 11 is 0. The largest absolute Gasteiger partial charge is 1.00 e. The van der Waals surface area contributed by atoms with Crippen molar-refractivity contribution in [1.82, 2.24) is 0 Å². The van der Waals surface area contributed by atoms with Crippen LogP contribution in [-0.2, 0) is 61.6 Å². The average Bonchev–Trinajstić information content (AvgIpc) is 0.722. The Kier molecular flexibility index (Phi) is 23.9. The molecule has 0 saturated heterocycles. The van der Waals surface area contributed by atoms with Gasteiger partial charge in [0.05, 0.1) is 0 Å². The molecule has 0 N–H and O–H groups in total. The maximum atomic E-state index is 8.52. The monoisotopic (exact) mass is 285 g/mol. The molecule has 8 heteroatoms. The van der Waals surface area contributed by atoms with Crippen LogP contribution in [0.15, 0.2) is 0 Å². The van der Waals surface area contributed by atoms with Gasteiger partial charge in [0.1, 0.15) is 0 Å². The van der Waals surface area contributed by atoms with E-state index in [9.17, 15) is 0 Å². The summed E-state index contributed by atoms with van der Waals surface area (Å²) in [4.78, 5) is 0. The van der Waals surface area contributed by atoms with Crippen LogP contribution in [0.1, 0.15) is 0 Å². The third kappa shape index (κ3) is 150. The first-order chi connectivity index (χ1) is 2.00. The third-order valence-electron chi connectivity index (χ3n) is 0. The minimum absolute atomic E-state index is 0. The molecule has 1 radical (unpaired) electrons. The van der Waals surface area contributed by atoms with Gasteiger partial charge < -0.3 is 9.11 Å². The Morgan fingerprint density at radius 2 is 1.00 bits per heavy atom.